The molecule has 0 aliphatic carbocycles. The lowest BCUT2D eigenvalue weighted by Gasteiger charge is -2.28. The first-order valence-electron chi connectivity index (χ1n) is 18.1. The number of hydrogen-bond donors (Lipinski definition) is 0. The molecular weight excluding hydrogens is 678 g/mol. The minimum atomic E-state index is -2.07. The van der Waals surface area contributed by atoms with Crippen LogP contribution in [0, 0.1) is 6.92 Å². The summed E-state index contributed by atoms with van der Waals surface area (Å²) in [5.41, 5.74) is 6.63. The van der Waals surface area contributed by atoms with E-state index in [1.54, 1.807) is 18.2 Å². The number of carbonyl (C=O) groups excluding carboxylic acids is 1. The summed E-state index contributed by atoms with van der Waals surface area (Å²) < 4.78 is 38.5. The fourth-order valence-electron chi connectivity index (χ4n) is 6.61. The molecule has 0 fully saturated rings. The van der Waals surface area contributed by atoms with Gasteiger partial charge in [0.1, 0.15) is 34.3 Å². The van der Waals surface area contributed by atoms with Crippen LogP contribution in [0.4, 0.5) is 0 Å². The van der Waals surface area contributed by atoms with Gasteiger partial charge in [-0.1, -0.05) is 88.6 Å². The molecule has 1 unspecified atom stereocenters. The maximum atomic E-state index is 13.1. The van der Waals surface area contributed by atoms with Crippen LogP contribution in [-0.4, -0.2) is 5.97 Å². The molecule has 0 saturated carbocycles. The van der Waals surface area contributed by atoms with E-state index >= 15 is 0 Å². The topological polar surface area (TPSA) is 72.5 Å². The first-order valence-corrected chi connectivity index (χ1v) is 20.3. The quantitative estimate of drug-likeness (QED) is 0.106. The second-order valence-corrected chi connectivity index (χ2v) is 15.1. The van der Waals surface area contributed by atoms with Crippen LogP contribution in [0.3, 0.4) is 0 Å². The van der Waals surface area contributed by atoms with Crippen LogP contribution in [0.15, 0.2) is 84.9 Å². The SMILES string of the molecule is CCCCc1cc(CCCC)c(OP2OC(=O)c3ccccc3O2)c(-c2cc(C)cc(CCCC)c2OP2Oc3cccc4cccc(c34)O2)c1. The van der Waals surface area contributed by atoms with Crippen molar-refractivity contribution >= 4 is 33.9 Å². The molecule has 0 spiro atoms. The summed E-state index contributed by atoms with van der Waals surface area (Å²) in [6.45, 7) is 8.71. The van der Waals surface area contributed by atoms with Crippen LogP contribution in [0.25, 0.3) is 21.9 Å². The average Bonchev–Trinajstić information content (AvgIpc) is 3.13. The van der Waals surface area contributed by atoms with Gasteiger partial charge in [0.05, 0.1) is 5.39 Å². The highest BCUT2D eigenvalue weighted by Crippen LogP contribution is 2.56. The van der Waals surface area contributed by atoms with Gasteiger partial charge in [-0.05, 0) is 109 Å². The molecule has 7 rings (SSSR count). The van der Waals surface area contributed by atoms with Gasteiger partial charge in [-0.15, -0.1) is 0 Å². The molecule has 2 aliphatic rings. The van der Waals surface area contributed by atoms with E-state index in [9.17, 15) is 4.79 Å². The van der Waals surface area contributed by atoms with Crippen molar-refractivity contribution in [3.05, 3.63) is 113 Å². The van der Waals surface area contributed by atoms with Crippen LogP contribution < -0.4 is 22.6 Å². The average molecular weight is 723 g/mol. The molecular formula is C42H44O7P2. The predicted octanol–water partition coefficient (Wildman–Crippen LogP) is 12.8. The molecule has 264 valence electrons. The van der Waals surface area contributed by atoms with Crippen molar-refractivity contribution < 1.29 is 31.9 Å². The monoisotopic (exact) mass is 722 g/mol. The molecule has 0 aromatic heterocycles. The molecule has 0 bridgehead atoms. The predicted molar refractivity (Wildman–Crippen MR) is 205 cm³/mol. The van der Waals surface area contributed by atoms with Crippen LogP contribution in [-0.2, 0) is 23.8 Å². The molecule has 51 heavy (non-hydrogen) atoms. The standard InChI is InChI=1S/C42H44O7P2/c1-5-8-15-29-26-32(17-10-7-3)41(48-51-44-36-21-12-11-20-33(36)42(43)49-51)35(27-29)34-25-28(4)24-31(16-9-6-2)40(34)47-50-45-37-22-13-18-30-19-14-23-38(46-50)39(30)37/h11-14,18-27H,5-10,15-17H2,1-4H3. The Bertz CT molecular complexity index is 2000. The summed E-state index contributed by atoms with van der Waals surface area (Å²) in [7, 11) is -3.90. The summed E-state index contributed by atoms with van der Waals surface area (Å²) in [4.78, 5) is 13.1. The molecule has 5 aromatic carbocycles. The highest BCUT2D eigenvalue weighted by molar-refractivity contribution is 7.43. The smallest absolute Gasteiger partial charge is 0.408 e. The summed E-state index contributed by atoms with van der Waals surface area (Å²) in [5, 5.41) is 2.00. The third kappa shape index (κ3) is 7.66. The minimum absolute atomic E-state index is 0.392. The minimum Gasteiger partial charge on any atom is -0.408 e. The van der Waals surface area contributed by atoms with Crippen LogP contribution in [0.1, 0.15) is 91.9 Å². The molecule has 7 nitrogen and oxygen atoms in total. The lowest BCUT2D eigenvalue weighted by atomic mass is 9.91. The first kappa shape index (κ1) is 35.1. The zero-order valence-electron chi connectivity index (χ0n) is 29.7. The van der Waals surface area contributed by atoms with Gasteiger partial charge in [-0.2, -0.15) is 0 Å². The van der Waals surface area contributed by atoms with Crippen molar-refractivity contribution in [3.8, 4) is 39.9 Å². The largest absolute Gasteiger partial charge is 0.532 e. The number of benzene rings is 5. The number of rotatable bonds is 14. The van der Waals surface area contributed by atoms with Crippen molar-refractivity contribution in [3.63, 3.8) is 0 Å². The van der Waals surface area contributed by atoms with Gasteiger partial charge in [-0.3, -0.25) is 0 Å². The van der Waals surface area contributed by atoms with Crippen LogP contribution in [0.2, 0.25) is 0 Å². The molecule has 0 saturated heterocycles. The molecule has 0 amide bonds. The fourth-order valence-corrected chi connectivity index (χ4v) is 8.74. The van der Waals surface area contributed by atoms with Crippen LogP contribution in [0.5, 0.6) is 28.7 Å². The Morgan fingerprint density at radius 1 is 0.569 bits per heavy atom. The number of aryl methyl sites for hydroxylation is 4. The Labute approximate surface area is 303 Å². The van der Waals surface area contributed by atoms with Crippen molar-refractivity contribution in [1.29, 1.82) is 0 Å². The lowest BCUT2D eigenvalue weighted by molar-refractivity contribution is 0.0697. The second-order valence-electron chi connectivity index (χ2n) is 13.1. The van der Waals surface area contributed by atoms with Gasteiger partial charge in [0.25, 0.3) is 0 Å². The van der Waals surface area contributed by atoms with Crippen LogP contribution >= 0.6 is 17.2 Å². The normalized spacial score (nSPS) is 15.0. The van der Waals surface area contributed by atoms with E-state index in [-0.39, 0.29) is 0 Å². The number of carbonyl (C=O) groups is 1. The molecule has 2 heterocycles. The molecule has 5 aromatic rings. The van der Waals surface area contributed by atoms with Gasteiger partial charge >= 0.3 is 23.2 Å². The van der Waals surface area contributed by atoms with E-state index in [2.05, 4.69) is 64.1 Å². The Hall–Kier alpha value is -4.31. The van der Waals surface area contributed by atoms with Crippen molar-refractivity contribution in [2.75, 3.05) is 0 Å². The highest BCUT2D eigenvalue weighted by Gasteiger charge is 2.35. The number of hydrogen-bond acceptors (Lipinski definition) is 7. The van der Waals surface area contributed by atoms with E-state index < -0.39 is 23.2 Å². The maximum Gasteiger partial charge on any atom is 0.532 e. The number of para-hydroxylation sites is 1. The summed E-state index contributed by atoms with van der Waals surface area (Å²) in [5.74, 6) is 2.86. The first-order chi connectivity index (χ1) is 24.9. The Morgan fingerprint density at radius 3 is 1.78 bits per heavy atom. The van der Waals surface area contributed by atoms with Gasteiger partial charge in [-0.25, -0.2) is 4.79 Å². The maximum absolute atomic E-state index is 13.1. The summed E-state index contributed by atoms with van der Waals surface area (Å²) >= 11 is 0. The molecule has 0 N–H and O–H groups in total. The summed E-state index contributed by atoms with van der Waals surface area (Å²) in [6, 6.07) is 28.0. The molecule has 9 heteroatoms. The zero-order valence-corrected chi connectivity index (χ0v) is 31.5. The second kappa shape index (κ2) is 15.9. The van der Waals surface area contributed by atoms with Crippen molar-refractivity contribution in [2.24, 2.45) is 0 Å². The molecule has 2 aliphatic heterocycles. The number of fused-ring (bicyclic) bond motifs is 1. The van der Waals surface area contributed by atoms with E-state index in [0.29, 0.717) is 22.8 Å². The Kier molecular flexibility index (Phi) is 11.0. The van der Waals surface area contributed by atoms with E-state index in [0.717, 1.165) is 108 Å². The Balaban J connectivity index is 1.36. The van der Waals surface area contributed by atoms with Gasteiger partial charge in [0.15, 0.2) is 0 Å². The highest BCUT2D eigenvalue weighted by atomic mass is 31.2. The van der Waals surface area contributed by atoms with E-state index in [1.165, 1.54) is 5.56 Å². The Morgan fingerprint density at radius 2 is 1.12 bits per heavy atom. The van der Waals surface area contributed by atoms with E-state index in [4.69, 9.17) is 27.1 Å². The van der Waals surface area contributed by atoms with E-state index in [1.807, 2.05) is 30.3 Å². The zero-order chi connectivity index (χ0) is 35.3. The fraction of sp³-hybridized carbons (Fsp3) is 0.310. The van der Waals surface area contributed by atoms with Crippen molar-refractivity contribution in [2.45, 2.75) is 85.5 Å². The van der Waals surface area contributed by atoms with Crippen molar-refractivity contribution in [1.82, 2.24) is 0 Å². The third-order valence-corrected chi connectivity index (χ3v) is 11.2. The lowest BCUT2D eigenvalue weighted by Crippen LogP contribution is -2.15. The molecule has 1 atom stereocenters. The number of unbranched alkanes of at least 4 members (excludes halogenated alkanes) is 3. The summed E-state index contributed by atoms with van der Waals surface area (Å²) in [6.07, 6.45) is 8.74. The third-order valence-electron chi connectivity index (χ3n) is 9.19. The van der Waals surface area contributed by atoms with Gasteiger partial charge in [0.2, 0.25) is 0 Å². The van der Waals surface area contributed by atoms with Gasteiger partial charge in [0, 0.05) is 11.1 Å². The molecule has 0 radical (unpaired) electrons. The van der Waals surface area contributed by atoms with Gasteiger partial charge < -0.3 is 27.1 Å².